The van der Waals surface area contributed by atoms with Gasteiger partial charge in [-0.2, -0.15) is 5.10 Å². The van der Waals surface area contributed by atoms with Crippen LogP contribution in [0.4, 0.5) is 5.82 Å². The van der Waals surface area contributed by atoms with E-state index in [4.69, 9.17) is 4.74 Å². The van der Waals surface area contributed by atoms with E-state index in [1.54, 1.807) is 25.5 Å². The van der Waals surface area contributed by atoms with Crippen LogP contribution in [0.25, 0.3) is 11.3 Å². The molecule has 0 aliphatic rings. The summed E-state index contributed by atoms with van der Waals surface area (Å²) in [7, 11) is 1.61. The highest BCUT2D eigenvalue weighted by Gasteiger charge is 2.20. The van der Waals surface area contributed by atoms with Gasteiger partial charge in [0.15, 0.2) is 0 Å². The zero-order chi connectivity index (χ0) is 16.1. The molecule has 2 aromatic carbocycles. The molecular formula is C16H14N4O3. The zero-order valence-corrected chi connectivity index (χ0v) is 12.3. The Bertz CT molecular complexity index is 798. The second kappa shape index (κ2) is 6.61. The van der Waals surface area contributed by atoms with Crippen molar-refractivity contribution in [1.29, 1.82) is 0 Å². The molecule has 0 fully saturated rings. The third kappa shape index (κ3) is 3.29. The van der Waals surface area contributed by atoms with Gasteiger partial charge in [-0.1, -0.05) is 30.3 Å². The summed E-state index contributed by atoms with van der Waals surface area (Å²) < 4.78 is 9.73. The summed E-state index contributed by atoms with van der Waals surface area (Å²) >= 11 is 0. The molecule has 7 nitrogen and oxygen atoms in total. The molecule has 1 aromatic heterocycles. The van der Waals surface area contributed by atoms with Crippen LogP contribution in [-0.2, 0) is 0 Å². The standard InChI is InChI=1S/C16H14N4O3/c1-22-14-9-7-12(8-10-14)11-17-18-16-15(20(21)23-19-16)13-5-3-2-4-6-13/h2-11H,1H3,(H,18,19)/b17-11+. The highest BCUT2D eigenvalue weighted by atomic mass is 16.8. The summed E-state index contributed by atoms with van der Waals surface area (Å²) in [5.41, 5.74) is 4.56. The number of benzene rings is 2. The molecule has 3 aromatic rings. The topological polar surface area (TPSA) is 86.6 Å². The molecule has 0 bridgehead atoms. The summed E-state index contributed by atoms with van der Waals surface area (Å²) in [6.07, 6.45) is 1.61. The predicted octanol–water partition coefficient (Wildman–Crippen LogP) is 2.43. The van der Waals surface area contributed by atoms with Gasteiger partial charge in [-0.25, -0.2) is 5.43 Å². The normalized spacial score (nSPS) is 10.8. The van der Waals surface area contributed by atoms with Crippen molar-refractivity contribution in [2.45, 2.75) is 0 Å². The fraction of sp³-hybridized carbons (Fsp3) is 0.0625. The fourth-order valence-corrected chi connectivity index (χ4v) is 2.02. The first-order valence-corrected chi connectivity index (χ1v) is 6.86. The number of ether oxygens (including phenoxy) is 1. The Morgan fingerprint density at radius 3 is 2.61 bits per heavy atom. The molecule has 3 rings (SSSR count). The van der Waals surface area contributed by atoms with Gasteiger partial charge in [-0.3, -0.25) is 4.63 Å². The molecule has 1 heterocycles. The predicted molar refractivity (Wildman–Crippen MR) is 85.1 cm³/mol. The lowest BCUT2D eigenvalue weighted by atomic mass is 10.1. The maximum atomic E-state index is 11.7. The summed E-state index contributed by atoms with van der Waals surface area (Å²) in [6.45, 7) is 0. The quantitative estimate of drug-likeness (QED) is 0.444. The molecule has 0 amide bonds. The van der Waals surface area contributed by atoms with Crippen LogP contribution < -0.4 is 15.1 Å². The Morgan fingerprint density at radius 1 is 1.17 bits per heavy atom. The van der Waals surface area contributed by atoms with Gasteiger partial charge in [-0.15, -0.1) is 0 Å². The Hall–Kier alpha value is -3.35. The van der Waals surface area contributed by atoms with Gasteiger partial charge in [0, 0.05) is 5.56 Å². The average Bonchev–Trinajstić information content (AvgIpc) is 2.97. The number of anilines is 1. The lowest BCUT2D eigenvalue weighted by Crippen LogP contribution is -2.25. The third-order valence-electron chi connectivity index (χ3n) is 3.16. The lowest BCUT2D eigenvalue weighted by Gasteiger charge is -1.99. The molecule has 0 aliphatic heterocycles. The van der Waals surface area contributed by atoms with Crippen molar-refractivity contribution in [2.75, 3.05) is 12.5 Å². The molecule has 0 aliphatic carbocycles. The van der Waals surface area contributed by atoms with Crippen LogP contribution in [0.5, 0.6) is 5.75 Å². The van der Waals surface area contributed by atoms with E-state index in [0.29, 0.717) is 10.5 Å². The first-order valence-electron chi connectivity index (χ1n) is 6.86. The molecule has 0 atom stereocenters. The summed E-state index contributed by atoms with van der Waals surface area (Å²) in [4.78, 5) is 0.348. The summed E-state index contributed by atoms with van der Waals surface area (Å²) in [5, 5.41) is 19.5. The minimum atomic E-state index is 0.246. The molecule has 0 saturated heterocycles. The highest BCUT2D eigenvalue weighted by molar-refractivity contribution is 5.80. The molecule has 1 N–H and O–H groups in total. The van der Waals surface area contributed by atoms with E-state index in [1.807, 2.05) is 42.5 Å². The zero-order valence-electron chi connectivity index (χ0n) is 12.3. The Morgan fingerprint density at radius 2 is 1.91 bits per heavy atom. The van der Waals surface area contributed by atoms with E-state index >= 15 is 0 Å². The Labute approximate surface area is 132 Å². The van der Waals surface area contributed by atoms with Crippen LogP contribution in [-0.4, -0.2) is 18.5 Å². The number of hydrogen-bond donors (Lipinski definition) is 1. The maximum Gasteiger partial charge on any atom is 0.335 e. The molecule has 7 heteroatoms. The summed E-state index contributed by atoms with van der Waals surface area (Å²) in [6, 6.07) is 16.5. The van der Waals surface area contributed by atoms with Gasteiger partial charge in [0.2, 0.25) is 0 Å². The van der Waals surface area contributed by atoms with Gasteiger partial charge in [0.25, 0.3) is 5.69 Å². The van der Waals surface area contributed by atoms with E-state index in [0.717, 1.165) is 11.3 Å². The van der Waals surface area contributed by atoms with Gasteiger partial charge in [-0.05, 0) is 34.7 Å². The number of hydrazone groups is 1. The largest absolute Gasteiger partial charge is 0.497 e. The number of nitrogens with zero attached hydrogens (tertiary/aromatic N) is 3. The van der Waals surface area contributed by atoms with E-state index in [-0.39, 0.29) is 11.5 Å². The van der Waals surface area contributed by atoms with Crippen LogP contribution >= 0.6 is 0 Å². The minimum absolute atomic E-state index is 0.246. The lowest BCUT2D eigenvalue weighted by molar-refractivity contribution is -0.793. The molecule has 0 unspecified atom stereocenters. The SMILES string of the molecule is COc1ccc(/C=N/Nc2no[n+]([O-])c2-c2ccccc2)cc1. The van der Waals surface area contributed by atoms with Crippen LogP contribution in [0, 0.1) is 5.21 Å². The van der Waals surface area contributed by atoms with Crippen LogP contribution in [0.1, 0.15) is 5.56 Å². The monoisotopic (exact) mass is 310 g/mol. The average molecular weight is 310 g/mol. The van der Waals surface area contributed by atoms with E-state index in [1.165, 1.54) is 0 Å². The number of rotatable bonds is 5. The van der Waals surface area contributed by atoms with Crippen LogP contribution in [0.3, 0.4) is 0 Å². The number of aromatic nitrogens is 2. The van der Waals surface area contributed by atoms with Gasteiger partial charge >= 0.3 is 5.82 Å². The molecule has 0 spiro atoms. The Kier molecular flexibility index (Phi) is 4.19. The van der Waals surface area contributed by atoms with Crippen molar-refractivity contribution in [3.8, 4) is 17.0 Å². The second-order valence-electron chi connectivity index (χ2n) is 4.64. The van der Waals surface area contributed by atoms with Gasteiger partial charge < -0.3 is 9.94 Å². The molecule has 0 saturated carbocycles. The first-order chi connectivity index (χ1) is 11.3. The van der Waals surface area contributed by atoms with Crippen molar-refractivity contribution in [3.05, 3.63) is 65.4 Å². The smallest absolute Gasteiger partial charge is 0.335 e. The van der Waals surface area contributed by atoms with Crippen LogP contribution in [0.2, 0.25) is 0 Å². The fourth-order valence-electron chi connectivity index (χ4n) is 2.02. The number of nitrogens with one attached hydrogen (secondary N) is 1. The van der Waals surface area contributed by atoms with Crippen molar-refractivity contribution in [1.82, 2.24) is 5.16 Å². The van der Waals surface area contributed by atoms with Crippen molar-refractivity contribution in [2.24, 2.45) is 5.10 Å². The van der Waals surface area contributed by atoms with E-state index in [9.17, 15) is 5.21 Å². The van der Waals surface area contributed by atoms with Crippen LogP contribution in [0.15, 0.2) is 64.3 Å². The van der Waals surface area contributed by atoms with E-state index in [2.05, 4.69) is 20.3 Å². The molecule has 0 radical (unpaired) electrons. The summed E-state index contributed by atoms with van der Waals surface area (Å²) in [5.74, 6) is 1.02. The highest BCUT2D eigenvalue weighted by Crippen LogP contribution is 2.22. The third-order valence-corrected chi connectivity index (χ3v) is 3.16. The number of hydrogen-bond acceptors (Lipinski definition) is 6. The number of methoxy groups -OCH3 is 1. The first kappa shape index (κ1) is 14.6. The molecular weight excluding hydrogens is 296 g/mol. The van der Waals surface area contributed by atoms with E-state index < -0.39 is 0 Å². The molecule has 23 heavy (non-hydrogen) atoms. The van der Waals surface area contributed by atoms with Crippen molar-refractivity contribution < 1.29 is 14.3 Å². The Balaban J connectivity index is 1.77. The minimum Gasteiger partial charge on any atom is -0.497 e. The van der Waals surface area contributed by atoms with Crippen molar-refractivity contribution >= 4 is 12.0 Å². The maximum absolute atomic E-state index is 11.7. The van der Waals surface area contributed by atoms with Gasteiger partial charge in [0.1, 0.15) is 5.75 Å². The molecule has 116 valence electrons. The van der Waals surface area contributed by atoms with Crippen molar-refractivity contribution in [3.63, 3.8) is 0 Å². The van der Waals surface area contributed by atoms with Gasteiger partial charge in [0.05, 0.1) is 18.5 Å². The second-order valence-corrected chi connectivity index (χ2v) is 4.64.